The van der Waals surface area contributed by atoms with E-state index in [2.05, 4.69) is 0 Å². The standard InChI is InChI=1S/C35H30BF6NO6/c37-34(38,39)23-14-24(35(40,41)42)16-25(15-23)43-32(46)27-13-22(18-44)30-28(31(27)33(43)47)17-36(48)49-29(30)10-9-21(20-6-2-1-3-7-20)11-19-5-4-8-26(45)12-19/h1-8,11-12,14-16,27-29,31,44-45,48H,9-10,13,17-18H2/b21-11-/t27-,28+,29-,31-/m1/s1. The molecule has 3 aromatic carbocycles. The number of rotatable bonds is 7. The first-order chi connectivity index (χ1) is 23.2. The first-order valence-electron chi connectivity index (χ1n) is 15.5. The minimum absolute atomic E-state index is 0.0711. The summed E-state index contributed by atoms with van der Waals surface area (Å²) < 4.78 is 87.8. The van der Waals surface area contributed by atoms with Crippen molar-refractivity contribution in [1.82, 2.24) is 0 Å². The second-order valence-electron chi connectivity index (χ2n) is 12.4. The van der Waals surface area contributed by atoms with Gasteiger partial charge in [-0.3, -0.25) is 9.59 Å². The number of anilines is 1. The van der Waals surface area contributed by atoms with Crippen LogP contribution in [0.15, 0.2) is 83.9 Å². The highest BCUT2D eigenvalue weighted by molar-refractivity contribution is 6.43. The van der Waals surface area contributed by atoms with Gasteiger partial charge in [0.2, 0.25) is 11.8 Å². The monoisotopic (exact) mass is 685 g/mol. The number of aliphatic hydroxyl groups excluding tert-OH is 1. The Morgan fingerprint density at radius 3 is 2.18 bits per heavy atom. The van der Waals surface area contributed by atoms with Crippen LogP contribution in [-0.4, -0.2) is 46.9 Å². The average molecular weight is 685 g/mol. The van der Waals surface area contributed by atoms with Gasteiger partial charge in [-0.15, -0.1) is 0 Å². The van der Waals surface area contributed by atoms with E-state index in [0.29, 0.717) is 34.6 Å². The number of imide groups is 1. The number of phenolic OH excluding ortho intramolecular Hbond substituents is 1. The molecule has 2 fully saturated rings. The van der Waals surface area contributed by atoms with Crippen LogP contribution < -0.4 is 4.90 Å². The first-order valence-corrected chi connectivity index (χ1v) is 15.5. The minimum Gasteiger partial charge on any atom is -0.508 e. The number of allylic oxidation sites excluding steroid dienone is 1. The summed E-state index contributed by atoms with van der Waals surface area (Å²) in [5.41, 5.74) is -0.913. The van der Waals surface area contributed by atoms with Gasteiger partial charge in [-0.2, -0.15) is 26.3 Å². The van der Waals surface area contributed by atoms with Crippen LogP contribution in [0.2, 0.25) is 6.32 Å². The van der Waals surface area contributed by atoms with E-state index >= 15 is 0 Å². The maximum Gasteiger partial charge on any atom is 0.455 e. The van der Waals surface area contributed by atoms with Gasteiger partial charge < -0.3 is 19.9 Å². The lowest BCUT2D eigenvalue weighted by Gasteiger charge is -2.43. The van der Waals surface area contributed by atoms with Crippen LogP contribution in [0.4, 0.5) is 32.0 Å². The van der Waals surface area contributed by atoms with E-state index in [0.717, 1.165) is 16.7 Å². The predicted molar refractivity (Wildman–Crippen MR) is 167 cm³/mol. The molecule has 14 heteroatoms. The van der Waals surface area contributed by atoms with Crippen molar-refractivity contribution < 1.29 is 55.8 Å². The molecule has 2 saturated heterocycles. The third-order valence-electron chi connectivity index (χ3n) is 9.36. The van der Waals surface area contributed by atoms with Gasteiger partial charge in [0.25, 0.3) is 0 Å². The number of carbonyl (C=O) groups excluding carboxylic acids is 2. The molecule has 0 spiro atoms. The van der Waals surface area contributed by atoms with Crippen LogP contribution in [0.1, 0.15) is 41.5 Å². The van der Waals surface area contributed by atoms with Gasteiger partial charge in [-0.25, -0.2) is 4.90 Å². The van der Waals surface area contributed by atoms with E-state index in [1.165, 1.54) is 6.07 Å². The van der Waals surface area contributed by atoms with Crippen LogP contribution in [0, 0.1) is 17.8 Å². The Balaban J connectivity index is 1.34. The average Bonchev–Trinajstić information content (AvgIpc) is 3.30. The Hall–Kier alpha value is -4.40. The van der Waals surface area contributed by atoms with Crippen LogP contribution in [0.25, 0.3) is 11.6 Å². The maximum atomic E-state index is 13.9. The highest BCUT2D eigenvalue weighted by Crippen LogP contribution is 2.52. The number of phenols is 1. The van der Waals surface area contributed by atoms with Crippen molar-refractivity contribution in [2.24, 2.45) is 17.8 Å². The number of halogens is 6. The Labute approximate surface area is 277 Å². The van der Waals surface area contributed by atoms with Crippen LogP contribution in [-0.2, 0) is 26.6 Å². The van der Waals surface area contributed by atoms with Crippen molar-refractivity contribution in [2.75, 3.05) is 11.5 Å². The number of hydrogen-bond acceptors (Lipinski definition) is 6. The number of nitrogens with zero attached hydrogens (tertiary/aromatic N) is 1. The molecule has 3 aliphatic rings. The van der Waals surface area contributed by atoms with Crippen molar-refractivity contribution >= 4 is 36.3 Å². The van der Waals surface area contributed by atoms with Crippen molar-refractivity contribution in [1.29, 1.82) is 0 Å². The molecule has 2 aliphatic heterocycles. The first kappa shape index (κ1) is 34.5. The van der Waals surface area contributed by atoms with Gasteiger partial charge in [-0.05, 0) is 89.7 Å². The summed E-state index contributed by atoms with van der Waals surface area (Å²) in [6.07, 6.45) is -9.08. The topological polar surface area (TPSA) is 107 Å². The molecule has 3 aromatic rings. The fourth-order valence-corrected chi connectivity index (χ4v) is 7.29. The molecule has 7 nitrogen and oxygen atoms in total. The summed E-state index contributed by atoms with van der Waals surface area (Å²) in [6.45, 7) is -0.543. The minimum atomic E-state index is -5.20. The third kappa shape index (κ3) is 6.90. The molecule has 0 unspecified atom stereocenters. The molecule has 3 N–H and O–H groups in total. The van der Waals surface area contributed by atoms with E-state index in [9.17, 15) is 51.2 Å². The Morgan fingerprint density at radius 2 is 1.57 bits per heavy atom. The van der Waals surface area contributed by atoms with Gasteiger partial charge >= 0.3 is 19.5 Å². The number of alkyl halides is 6. The Kier molecular flexibility index (Phi) is 9.24. The van der Waals surface area contributed by atoms with E-state index in [4.69, 9.17) is 4.65 Å². The van der Waals surface area contributed by atoms with Crippen molar-refractivity contribution in [3.8, 4) is 5.75 Å². The maximum absolute atomic E-state index is 13.9. The van der Waals surface area contributed by atoms with Gasteiger partial charge in [0, 0.05) is 0 Å². The molecule has 6 rings (SSSR count). The normalized spacial score (nSPS) is 23.2. The van der Waals surface area contributed by atoms with Crippen molar-refractivity contribution in [3.63, 3.8) is 0 Å². The summed E-state index contributed by atoms with van der Waals surface area (Å²) >= 11 is 0. The lowest BCUT2D eigenvalue weighted by Crippen LogP contribution is -2.46. The van der Waals surface area contributed by atoms with Crippen LogP contribution in [0.3, 0.4) is 0 Å². The highest BCUT2D eigenvalue weighted by Gasteiger charge is 2.58. The fraction of sp³-hybridized carbons (Fsp3) is 0.314. The number of hydrogen-bond donors (Lipinski definition) is 3. The molecule has 1 aliphatic carbocycles. The largest absolute Gasteiger partial charge is 0.508 e. The number of aromatic hydroxyl groups is 1. The molecule has 0 radical (unpaired) electrons. The van der Waals surface area contributed by atoms with E-state index in [1.54, 1.807) is 12.1 Å². The number of aliphatic hydroxyl groups is 1. The van der Waals surface area contributed by atoms with Gasteiger partial charge in [0.05, 0.1) is 41.4 Å². The molecule has 256 valence electrons. The molecule has 2 amide bonds. The molecule has 0 bridgehead atoms. The summed E-state index contributed by atoms with van der Waals surface area (Å²) in [6, 6.07) is 16.6. The summed E-state index contributed by atoms with van der Waals surface area (Å²) in [5.74, 6) is -5.15. The van der Waals surface area contributed by atoms with Gasteiger partial charge in [0.15, 0.2) is 0 Å². The number of benzene rings is 3. The lowest BCUT2D eigenvalue weighted by molar-refractivity contribution is -0.143. The van der Waals surface area contributed by atoms with E-state index < -0.39 is 78.6 Å². The third-order valence-corrected chi connectivity index (χ3v) is 9.36. The number of fused-ring (bicyclic) bond motifs is 3. The van der Waals surface area contributed by atoms with Gasteiger partial charge in [0.1, 0.15) is 5.75 Å². The smallest absolute Gasteiger partial charge is 0.455 e. The molecule has 2 heterocycles. The van der Waals surface area contributed by atoms with Crippen molar-refractivity contribution in [3.05, 3.63) is 106 Å². The molecular formula is C35H30BF6NO6. The van der Waals surface area contributed by atoms with Crippen LogP contribution in [0.5, 0.6) is 5.75 Å². The molecule has 4 atom stereocenters. The zero-order chi connectivity index (χ0) is 35.2. The SMILES string of the molecule is O=C1[C@@H]2[C@@H](CC(CO)=C3[C@@H](CC/C(=C/c4cccc(O)c4)c4ccccc4)OB(O)C[C@@H]32)C(=O)N1c1cc(C(F)(F)F)cc(C(F)(F)F)c1. The lowest BCUT2D eigenvalue weighted by atomic mass is 9.58. The number of amides is 2. The summed E-state index contributed by atoms with van der Waals surface area (Å²) in [4.78, 5) is 28.0. The quantitative estimate of drug-likeness (QED) is 0.0837. The molecule has 0 saturated carbocycles. The zero-order valence-corrected chi connectivity index (χ0v) is 25.7. The fourth-order valence-electron chi connectivity index (χ4n) is 7.29. The Morgan fingerprint density at radius 1 is 0.898 bits per heavy atom. The molecule has 49 heavy (non-hydrogen) atoms. The highest BCUT2D eigenvalue weighted by atomic mass is 19.4. The second-order valence-corrected chi connectivity index (χ2v) is 12.4. The molecule has 0 aromatic heterocycles. The second kappa shape index (κ2) is 13.1. The van der Waals surface area contributed by atoms with Crippen molar-refractivity contribution in [2.45, 2.75) is 44.0 Å². The summed E-state index contributed by atoms with van der Waals surface area (Å²) in [7, 11) is -1.41. The zero-order valence-electron chi connectivity index (χ0n) is 25.7. The van der Waals surface area contributed by atoms with E-state index in [1.807, 2.05) is 42.5 Å². The predicted octanol–water partition coefficient (Wildman–Crippen LogP) is 6.74. The molecular weight excluding hydrogens is 655 g/mol. The summed E-state index contributed by atoms with van der Waals surface area (Å²) in [5, 5.41) is 31.2. The van der Waals surface area contributed by atoms with Crippen LogP contribution >= 0.6 is 0 Å². The Bertz CT molecular complexity index is 1790. The number of carbonyl (C=O) groups is 2. The van der Waals surface area contributed by atoms with Gasteiger partial charge in [-0.1, -0.05) is 48.5 Å². The van der Waals surface area contributed by atoms with E-state index in [-0.39, 0.29) is 31.0 Å².